The summed E-state index contributed by atoms with van der Waals surface area (Å²) in [4.78, 5) is 20.7. The van der Waals surface area contributed by atoms with Crippen LogP contribution in [0.25, 0.3) is 0 Å². The van der Waals surface area contributed by atoms with Crippen molar-refractivity contribution < 1.29 is 24.9 Å². The van der Waals surface area contributed by atoms with E-state index in [-0.39, 0.29) is 17.7 Å². The highest BCUT2D eigenvalue weighted by Gasteiger charge is 2.04. The second-order valence-electron chi connectivity index (χ2n) is 2.63. The Morgan fingerprint density at radius 3 is 1.38 bits per heavy atom. The fourth-order valence-corrected chi connectivity index (χ4v) is 0.755. The number of hydrogen-bond acceptors (Lipinski definition) is 4. The van der Waals surface area contributed by atoms with Gasteiger partial charge in [0.15, 0.2) is 0 Å². The van der Waals surface area contributed by atoms with E-state index in [9.17, 15) is 9.59 Å². The average molecular weight is 244 g/mol. The minimum Gasteiger partial charge on any atom is -0.478 e. The lowest BCUT2D eigenvalue weighted by molar-refractivity contribution is 0.0681. The standard InChI is InChI=1S/C8H6O4.C2H6OS/c9-7(10)5-1-2-6(4-3-5)8(11)12;3-1-2-4/h1-4H,(H,9,10)(H,11,12);3-4H,1-2H2. The maximum atomic E-state index is 10.3. The van der Waals surface area contributed by atoms with Gasteiger partial charge in [0.2, 0.25) is 0 Å². The van der Waals surface area contributed by atoms with E-state index in [1.165, 1.54) is 24.3 Å². The maximum absolute atomic E-state index is 10.3. The van der Waals surface area contributed by atoms with Crippen molar-refractivity contribution in [2.24, 2.45) is 0 Å². The number of aliphatic hydroxyl groups is 1. The molecule has 0 unspecified atom stereocenters. The van der Waals surface area contributed by atoms with Gasteiger partial charge < -0.3 is 15.3 Å². The molecule has 0 atom stereocenters. The first-order chi connectivity index (χ1) is 7.52. The monoisotopic (exact) mass is 244 g/mol. The third kappa shape index (κ3) is 5.38. The highest BCUT2D eigenvalue weighted by atomic mass is 32.1. The van der Waals surface area contributed by atoms with Crippen LogP contribution in [-0.2, 0) is 0 Å². The Bertz CT molecular complexity index is 312. The third-order valence-electron chi connectivity index (χ3n) is 1.48. The normalized spacial score (nSPS) is 8.88. The van der Waals surface area contributed by atoms with Crippen molar-refractivity contribution in [3.8, 4) is 0 Å². The zero-order valence-corrected chi connectivity index (χ0v) is 9.22. The van der Waals surface area contributed by atoms with Crippen LogP contribution in [0.1, 0.15) is 20.7 Å². The highest BCUT2D eigenvalue weighted by Crippen LogP contribution is 2.03. The first-order valence-corrected chi connectivity index (χ1v) is 4.94. The van der Waals surface area contributed by atoms with Gasteiger partial charge in [-0.1, -0.05) is 0 Å². The molecule has 0 bridgehead atoms. The van der Waals surface area contributed by atoms with Crippen LogP contribution < -0.4 is 0 Å². The molecular weight excluding hydrogens is 232 g/mol. The Balaban J connectivity index is 0.000000487. The predicted molar refractivity (Wildman–Crippen MR) is 61.3 cm³/mol. The minimum atomic E-state index is -1.06. The largest absolute Gasteiger partial charge is 0.478 e. The number of thiol groups is 1. The third-order valence-corrected chi connectivity index (χ3v) is 1.68. The molecule has 0 fully saturated rings. The van der Waals surface area contributed by atoms with Gasteiger partial charge in [-0.25, -0.2) is 9.59 Å². The van der Waals surface area contributed by atoms with Crippen LogP contribution in [0.2, 0.25) is 0 Å². The Kier molecular flexibility index (Phi) is 6.98. The van der Waals surface area contributed by atoms with Crippen LogP contribution in [0.5, 0.6) is 0 Å². The summed E-state index contributed by atoms with van der Waals surface area (Å²) in [7, 11) is 0. The molecule has 0 heterocycles. The molecule has 16 heavy (non-hydrogen) atoms. The number of carboxylic acid groups (broad SMARTS) is 2. The number of benzene rings is 1. The van der Waals surface area contributed by atoms with Crippen LogP contribution in [0.4, 0.5) is 0 Å². The summed E-state index contributed by atoms with van der Waals surface area (Å²) in [5.74, 6) is -1.56. The van der Waals surface area contributed by atoms with Crippen LogP contribution in [0.3, 0.4) is 0 Å². The van der Waals surface area contributed by atoms with Gasteiger partial charge in [-0.05, 0) is 24.3 Å². The molecule has 3 N–H and O–H groups in total. The summed E-state index contributed by atoms with van der Waals surface area (Å²) in [6, 6.07) is 5.02. The smallest absolute Gasteiger partial charge is 0.335 e. The van der Waals surface area contributed by atoms with Crippen LogP contribution in [-0.4, -0.2) is 39.6 Å². The predicted octanol–water partition coefficient (Wildman–Crippen LogP) is 0.991. The Labute approximate surface area is 97.8 Å². The molecule has 5 nitrogen and oxygen atoms in total. The molecular formula is C10H12O5S. The Hall–Kier alpha value is -1.53. The van der Waals surface area contributed by atoms with E-state index >= 15 is 0 Å². The van der Waals surface area contributed by atoms with Crippen molar-refractivity contribution in [2.45, 2.75) is 0 Å². The maximum Gasteiger partial charge on any atom is 0.335 e. The first kappa shape index (κ1) is 14.5. The zero-order chi connectivity index (χ0) is 12.6. The number of carboxylic acids is 2. The van der Waals surface area contributed by atoms with Crippen molar-refractivity contribution in [1.82, 2.24) is 0 Å². The fraction of sp³-hybridized carbons (Fsp3) is 0.200. The second-order valence-corrected chi connectivity index (χ2v) is 3.08. The lowest BCUT2D eigenvalue weighted by Gasteiger charge is -1.94. The van der Waals surface area contributed by atoms with E-state index in [0.29, 0.717) is 5.75 Å². The first-order valence-electron chi connectivity index (χ1n) is 4.31. The van der Waals surface area contributed by atoms with Crippen molar-refractivity contribution in [3.05, 3.63) is 35.4 Å². The van der Waals surface area contributed by atoms with Gasteiger partial charge in [-0.2, -0.15) is 12.6 Å². The quantitative estimate of drug-likeness (QED) is 0.595. The number of hydrogen-bond donors (Lipinski definition) is 4. The minimum absolute atomic E-state index is 0.0833. The summed E-state index contributed by atoms with van der Waals surface area (Å²) in [6.07, 6.45) is 0. The van der Waals surface area contributed by atoms with E-state index in [4.69, 9.17) is 15.3 Å². The summed E-state index contributed by atoms with van der Waals surface area (Å²) < 4.78 is 0. The van der Waals surface area contributed by atoms with Crippen LogP contribution in [0.15, 0.2) is 24.3 Å². The molecule has 0 aliphatic carbocycles. The molecule has 0 aromatic heterocycles. The van der Waals surface area contributed by atoms with Gasteiger partial charge in [0.25, 0.3) is 0 Å². The lowest BCUT2D eigenvalue weighted by Crippen LogP contribution is -1.99. The topological polar surface area (TPSA) is 94.8 Å². The van der Waals surface area contributed by atoms with E-state index in [1.807, 2.05) is 0 Å². The molecule has 0 aliphatic heterocycles. The molecule has 1 rings (SSSR count). The van der Waals surface area contributed by atoms with Crippen LogP contribution in [0, 0.1) is 0 Å². The zero-order valence-electron chi connectivity index (χ0n) is 8.33. The second kappa shape index (κ2) is 7.72. The number of carbonyl (C=O) groups is 2. The van der Waals surface area contributed by atoms with Crippen LogP contribution >= 0.6 is 12.6 Å². The van der Waals surface area contributed by atoms with Gasteiger partial charge in [0.05, 0.1) is 17.7 Å². The number of aromatic carboxylic acids is 2. The van der Waals surface area contributed by atoms with E-state index in [2.05, 4.69) is 12.6 Å². The molecule has 0 radical (unpaired) electrons. The van der Waals surface area contributed by atoms with Crippen molar-refractivity contribution in [2.75, 3.05) is 12.4 Å². The van der Waals surface area contributed by atoms with Crippen molar-refractivity contribution in [1.29, 1.82) is 0 Å². The van der Waals surface area contributed by atoms with Crippen molar-refractivity contribution >= 4 is 24.6 Å². The Morgan fingerprint density at radius 2 is 1.25 bits per heavy atom. The van der Waals surface area contributed by atoms with Gasteiger partial charge in [-0.15, -0.1) is 0 Å². The SMILES string of the molecule is O=C(O)c1ccc(C(=O)O)cc1.OCCS. The van der Waals surface area contributed by atoms with Gasteiger partial charge in [-0.3, -0.25) is 0 Å². The van der Waals surface area contributed by atoms with Gasteiger partial charge >= 0.3 is 11.9 Å². The average Bonchev–Trinajstić information content (AvgIpc) is 2.29. The Morgan fingerprint density at radius 1 is 1.00 bits per heavy atom. The summed E-state index contributed by atoms with van der Waals surface area (Å²) in [6.45, 7) is 0.184. The number of aliphatic hydroxyl groups excluding tert-OH is 1. The van der Waals surface area contributed by atoms with E-state index < -0.39 is 11.9 Å². The molecule has 0 aliphatic rings. The molecule has 0 amide bonds. The lowest BCUT2D eigenvalue weighted by atomic mass is 10.1. The molecule has 0 spiro atoms. The van der Waals surface area contributed by atoms with E-state index in [1.54, 1.807) is 0 Å². The van der Waals surface area contributed by atoms with Gasteiger partial charge in [0, 0.05) is 5.75 Å². The molecule has 1 aromatic rings. The van der Waals surface area contributed by atoms with E-state index in [0.717, 1.165) is 0 Å². The molecule has 6 heteroatoms. The van der Waals surface area contributed by atoms with Gasteiger partial charge in [0.1, 0.15) is 0 Å². The summed E-state index contributed by atoms with van der Waals surface area (Å²) in [5.41, 5.74) is 0.167. The highest BCUT2D eigenvalue weighted by molar-refractivity contribution is 7.80. The number of rotatable bonds is 3. The molecule has 88 valence electrons. The molecule has 0 saturated carbocycles. The molecule has 0 saturated heterocycles. The summed E-state index contributed by atoms with van der Waals surface area (Å²) >= 11 is 3.67. The van der Waals surface area contributed by atoms with Crippen molar-refractivity contribution in [3.63, 3.8) is 0 Å². The fourth-order valence-electron chi connectivity index (χ4n) is 0.755. The summed E-state index contributed by atoms with van der Waals surface area (Å²) in [5, 5.41) is 24.7. The molecule has 1 aromatic carbocycles.